The van der Waals surface area contributed by atoms with E-state index < -0.39 is 0 Å². The van der Waals surface area contributed by atoms with E-state index in [4.69, 9.17) is 0 Å². The first-order chi connectivity index (χ1) is 7.40. The number of hydrogen-bond acceptors (Lipinski definition) is 4. The van der Waals surface area contributed by atoms with Crippen LogP contribution in [-0.4, -0.2) is 24.1 Å². The van der Waals surface area contributed by atoms with Crippen LogP contribution in [0.25, 0.3) is 0 Å². The van der Waals surface area contributed by atoms with Gasteiger partial charge in [-0.3, -0.25) is 0 Å². The Morgan fingerprint density at radius 2 is 2.67 bits per heavy atom. The third kappa shape index (κ3) is 3.00. The Balaban J connectivity index is 1.90. The van der Waals surface area contributed by atoms with Gasteiger partial charge in [-0.15, -0.1) is 11.3 Å². The van der Waals surface area contributed by atoms with Crippen LogP contribution in [0, 0.1) is 0 Å². The highest BCUT2D eigenvalue weighted by atomic mass is 32.1. The van der Waals surface area contributed by atoms with E-state index in [0.717, 1.165) is 13.0 Å². The van der Waals surface area contributed by atoms with Crippen LogP contribution in [0.2, 0.25) is 0 Å². The van der Waals surface area contributed by atoms with Crippen molar-refractivity contribution in [1.82, 2.24) is 15.6 Å². The van der Waals surface area contributed by atoms with Crippen molar-refractivity contribution in [2.24, 2.45) is 0 Å². The van der Waals surface area contributed by atoms with E-state index in [0.29, 0.717) is 12.1 Å². The molecule has 0 amide bonds. The number of nitrogens with one attached hydrogen (secondary N) is 2. The first kappa shape index (κ1) is 11.0. The predicted octanol–water partition coefficient (Wildman–Crippen LogP) is 1.94. The molecule has 1 fully saturated rings. The van der Waals surface area contributed by atoms with Crippen molar-refractivity contribution < 1.29 is 0 Å². The quantitative estimate of drug-likeness (QED) is 0.822. The lowest BCUT2D eigenvalue weighted by Gasteiger charge is -2.27. The standard InChI is InChI=1S/C11H19N3S/c1-2-10(11-13-6-7-15-11)14-9-4-3-5-12-8-9/h6-7,9-10,12,14H,2-5,8H2,1H3. The van der Waals surface area contributed by atoms with E-state index in [9.17, 15) is 0 Å². The molecule has 1 aromatic heterocycles. The molecule has 0 aromatic carbocycles. The summed E-state index contributed by atoms with van der Waals surface area (Å²) in [6.45, 7) is 4.49. The third-order valence-corrected chi connectivity index (χ3v) is 3.78. The Kier molecular flexibility index (Phi) is 4.11. The van der Waals surface area contributed by atoms with Gasteiger partial charge in [0.15, 0.2) is 0 Å². The number of hydrogen-bond donors (Lipinski definition) is 2. The second kappa shape index (κ2) is 5.58. The van der Waals surface area contributed by atoms with Crippen molar-refractivity contribution in [2.75, 3.05) is 13.1 Å². The summed E-state index contributed by atoms with van der Waals surface area (Å²) >= 11 is 1.75. The van der Waals surface area contributed by atoms with Crippen LogP contribution in [0.5, 0.6) is 0 Å². The van der Waals surface area contributed by atoms with E-state index in [1.54, 1.807) is 11.3 Å². The van der Waals surface area contributed by atoms with E-state index in [1.165, 1.54) is 24.4 Å². The third-order valence-electron chi connectivity index (χ3n) is 2.89. The van der Waals surface area contributed by atoms with Gasteiger partial charge in [-0.1, -0.05) is 6.92 Å². The van der Waals surface area contributed by atoms with Gasteiger partial charge in [-0.25, -0.2) is 4.98 Å². The zero-order valence-electron chi connectivity index (χ0n) is 9.20. The van der Waals surface area contributed by atoms with Crippen molar-refractivity contribution in [2.45, 2.75) is 38.3 Å². The smallest absolute Gasteiger partial charge is 0.109 e. The first-order valence-electron chi connectivity index (χ1n) is 5.76. The molecule has 0 aliphatic carbocycles. The molecule has 0 spiro atoms. The van der Waals surface area contributed by atoms with Crippen LogP contribution in [0.15, 0.2) is 11.6 Å². The maximum Gasteiger partial charge on any atom is 0.109 e. The van der Waals surface area contributed by atoms with Crippen LogP contribution in [0.4, 0.5) is 0 Å². The molecule has 0 bridgehead atoms. The van der Waals surface area contributed by atoms with Gasteiger partial charge in [-0.2, -0.15) is 0 Å². The zero-order chi connectivity index (χ0) is 10.5. The van der Waals surface area contributed by atoms with Gasteiger partial charge in [0.05, 0.1) is 6.04 Å². The van der Waals surface area contributed by atoms with Gasteiger partial charge in [-0.05, 0) is 25.8 Å². The van der Waals surface area contributed by atoms with E-state index >= 15 is 0 Å². The molecule has 15 heavy (non-hydrogen) atoms. The molecule has 2 rings (SSSR count). The second-order valence-corrected chi connectivity index (χ2v) is 4.97. The molecule has 1 aliphatic rings. The molecule has 2 atom stereocenters. The molecular weight excluding hydrogens is 206 g/mol. The summed E-state index contributed by atoms with van der Waals surface area (Å²) in [6.07, 6.45) is 5.58. The van der Waals surface area contributed by atoms with Crippen LogP contribution in [0.3, 0.4) is 0 Å². The molecule has 2 heterocycles. The molecule has 3 nitrogen and oxygen atoms in total. The lowest BCUT2D eigenvalue weighted by molar-refractivity contribution is 0.348. The summed E-state index contributed by atoms with van der Waals surface area (Å²) in [6, 6.07) is 1.06. The molecule has 1 saturated heterocycles. The highest BCUT2D eigenvalue weighted by Gasteiger charge is 2.18. The van der Waals surface area contributed by atoms with Gasteiger partial charge < -0.3 is 10.6 Å². The van der Waals surface area contributed by atoms with Gasteiger partial charge >= 0.3 is 0 Å². The van der Waals surface area contributed by atoms with Crippen LogP contribution in [-0.2, 0) is 0 Å². The zero-order valence-corrected chi connectivity index (χ0v) is 10.0. The largest absolute Gasteiger partial charge is 0.315 e. The predicted molar refractivity (Wildman–Crippen MR) is 64.2 cm³/mol. The van der Waals surface area contributed by atoms with Crippen LogP contribution in [0.1, 0.15) is 37.2 Å². The van der Waals surface area contributed by atoms with Gasteiger partial charge in [0.2, 0.25) is 0 Å². The van der Waals surface area contributed by atoms with Gasteiger partial charge in [0.1, 0.15) is 5.01 Å². The summed E-state index contributed by atoms with van der Waals surface area (Å²) in [5, 5.41) is 10.4. The van der Waals surface area contributed by atoms with Crippen molar-refractivity contribution in [3.05, 3.63) is 16.6 Å². The van der Waals surface area contributed by atoms with Crippen molar-refractivity contribution in [1.29, 1.82) is 0 Å². The highest BCUT2D eigenvalue weighted by Crippen LogP contribution is 2.20. The van der Waals surface area contributed by atoms with E-state index in [1.807, 2.05) is 6.20 Å². The number of aromatic nitrogens is 1. The molecular formula is C11H19N3S. The summed E-state index contributed by atoms with van der Waals surface area (Å²) < 4.78 is 0. The Labute approximate surface area is 95.3 Å². The van der Waals surface area contributed by atoms with Gasteiger partial charge in [0.25, 0.3) is 0 Å². The average molecular weight is 225 g/mol. The monoisotopic (exact) mass is 225 g/mol. The lowest BCUT2D eigenvalue weighted by atomic mass is 10.1. The molecule has 84 valence electrons. The van der Waals surface area contributed by atoms with Crippen molar-refractivity contribution in [3.63, 3.8) is 0 Å². The highest BCUT2D eigenvalue weighted by molar-refractivity contribution is 7.09. The maximum absolute atomic E-state index is 4.39. The Morgan fingerprint density at radius 3 is 3.27 bits per heavy atom. The lowest BCUT2D eigenvalue weighted by Crippen LogP contribution is -2.44. The van der Waals surface area contributed by atoms with Crippen LogP contribution < -0.4 is 10.6 Å². The Bertz CT molecular complexity index is 267. The number of piperidine rings is 1. The van der Waals surface area contributed by atoms with Gasteiger partial charge in [0, 0.05) is 24.2 Å². The fourth-order valence-corrected chi connectivity index (χ4v) is 2.83. The maximum atomic E-state index is 4.39. The minimum atomic E-state index is 0.440. The van der Waals surface area contributed by atoms with Crippen molar-refractivity contribution >= 4 is 11.3 Å². The molecule has 0 saturated carbocycles. The summed E-state index contributed by atoms with van der Waals surface area (Å²) in [5.74, 6) is 0. The minimum Gasteiger partial charge on any atom is -0.315 e. The Hall–Kier alpha value is -0.450. The number of thiazole rings is 1. The SMILES string of the molecule is CCC(NC1CCCNC1)c1nccs1. The number of nitrogens with zero attached hydrogens (tertiary/aromatic N) is 1. The van der Waals surface area contributed by atoms with E-state index in [-0.39, 0.29) is 0 Å². The summed E-state index contributed by atoms with van der Waals surface area (Å²) in [5.41, 5.74) is 0. The first-order valence-corrected chi connectivity index (χ1v) is 6.64. The van der Waals surface area contributed by atoms with Crippen LogP contribution >= 0.6 is 11.3 Å². The molecule has 2 unspecified atom stereocenters. The Morgan fingerprint density at radius 1 is 1.73 bits per heavy atom. The second-order valence-electron chi connectivity index (χ2n) is 4.04. The molecule has 0 radical (unpaired) electrons. The summed E-state index contributed by atoms with van der Waals surface area (Å²) in [7, 11) is 0. The normalized spacial score (nSPS) is 23.9. The molecule has 4 heteroatoms. The molecule has 2 N–H and O–H groups in total. The van der Waals surface area contributed by atoms with Crippen molar-refractivity contribution in [3.8, 4) is 0 Å². The fourth-order valence-electron chi connectivity index (χ4n) is 2.05. The fraction of sp³-hybridized carbons (Fsp3) is 0.727. The summed E-state index contributed by atoms with van der Waals surface area (Å²) in [4.78, 5) is 4.39. The molecule has 1 aromatic rings. The van der Waals surface area contributed by atoms with E-state index in [2.05, 4.69) is 27.9 Å². The topological polar surface area (TPSA) is 37.0 Å². The number of rotatable bonds is 4. The molecule has 1 aliphatic heterocycles. The minimum absolute atomic E-state index is 0.440. The average Bonchev–Trinajstić information content (AvgIpc) is 2.81.